The van der Waals surface area contributed by atoms with Crippen molar-refractivity contribution in [1.82, 2.24) is 0 Å². The Morgan fingerprint density at radius 2 is 0.657 bits per heavy atom. The Labute approximate surface area is 230 Å². The number of hydrogen-bond donors (Lipinski definition) is 0. The summed E-state index contributed by atoms with van der Waals surface area (Å²) in [6.45, 7) is 4.69. The molecule has 0 aromatic heterocycles. The van der Waals surface area contributed by atoms with Gasteiger partial charge in [-0.25, -0.2) is 12.1 Å². The van der Waals surface area contributed by atoms with Gasteiger partial charge in [-0.1, -0.05) is 72.8 Å². The molecule has 5 aromatic rings. The minimum absolute atomic E-state index is 0.545. The Morgan fingerprint density at radius 3 is 0.829 bits per heavy atom. The fraction of sp³-hybridized carbons (Fsp3) is 0.0645. The smallest absolute Gasteiger partial charge is 0.172 e. The van der Waals surface area contributed by atoms with Crippen molar-refractivity contribution in [2.75, 3.05) is 13.3 Å². The van der Waals surface area contributed by atoms with Crippen molar-refractivity contribution in [1.29, 1.82) is 0 Å². The topological polar surface area (TPSA) is 0 Å². The second-order valence-electron chi connectivity index (χ2n) is 7.68. The van der Waals surface area contributed by atoms with Gasteiger partial charge < -0.3 is 0 Å². The largest absolute Gasteiger partial charge is 0.214 e. The average Bonchev–Trinajstić information content (AvgIpc) is 3.56. The summed E-state index contributed by atoms with van der Waals surface area (Å²) in [6.07, 6.45) is 0. The maximum atomic E-state index is 2.97. The van der Waals surface area contributed by atoms with Crippen LogP contribution in [0.25, 0.3) is 0 Å². The molecule has 0 heterocycles. The predicted octanol–water partition coefficient (Wildman–Crippen LogP) is 7.21. The van der Waals surface area contributed by atoms with Crippen molar-refractivity contribution in [2.45, 2.75) is 0 Å². The van der Waals surface area contributed by atoms with Gasteiger partial charge in [0.25, 0.3) is 0 Å². The van der Waals surface area contributed by atoms with E-state index < -0.39 is 15.8 Å². The predicted molar refractivity (Wildman–Crippen MR) is 164 cm³/mol. The second-order valence-corrected chi connectivity index (χ2v) is 12.5. The van der Waals surface area contributed by atoms with Crippen molar-refractivity contribution in [2.24, 2.45) is 0 Å². The average molecular weight is 738 g/mol. The zero-order valence-corrected chi connectivity index (χ0v) is 26.3. The van der Waals surface area contributed by atoms with E-state index in [0.29, 0.717) is 0 Å². The molecule has 0 nitrogen and oxygen atoms in total. The Morgan fingerprint density at radius 1 is 0.429 bits per heavy atom. The standard InChI is InChI=1S/2C13H13P.C5H5.BrH.Os/c2*1-14(12-8-4-2-5-9-12)13-10-6-3-7-11-13;1-2-4-5-3-1;;/h2*2-11H,1H3;1-5H;1H;/q;;-1;;+1/p+1. The zero-order valence-electron chi connectivity index (χ0n) is 20.2. The quantitative estimate of drug-likeness (QED) is 0.135. The van der Waals surface area contributed by atoms with E-state index in [2.05, 4.69) is 148 Å². The third-order valence-electron chi connectivity index (χ3n) is 5.38. The maximum absolute atomic E-state index is 2.97. The van der Waals surface area contributed by atoms with E-state index in [-0.39, 0.29) is 0 Å². The number of rotatable bonds is 4. The monoisotopic (exact) mass is 738 g/mol. The molecule has 0 saturated heterocycles. The van der Waals surface area contributed by atoms with Gasteiger partial charge in [0.2, 0.25) is 0 Å². The van der Waals surface area contributed by atoms with Gasteiger partial charge in [-0.2, -0.15) is 18.2 Å². The van der Waals surface area contributed by atoms with Crippen LogP contribution in [0.4, 0.5) is 0 Å². The summed E-state index contributed by atoms with van der Waals surface area (Å²) in [5.41, 5.74) is 0. The zero-order chi connectivity index (χ0) is 25.1. The van der Waals surface area contributed by atoms with E-state index in [0.717, 1.165) is 0 Å². The molecule has 0 radical (unpaired) electrons. The summed E-state index contributed by atoms with van der Waals surface area (Å²) in [6, 6.07) is 53.0. The molecule has 0 amide bonds. The summed E-state index contributed by atoms with van der Waals surface area (Å²) < 4.78 is 0. The second kappa shape index (κ2) is 18.5. The van der Waals surface area contributed by atoms with Crippen LogP contribution in [0.15, 0.2) is 152 Å². The summed E-state index contributed by atoms with van der Waals surface area (Å²) in [7, 11) is -1.09. The van der Waals surface area contributed by atoms with Crippen LogP contribution in [-0.2, 0) is 16.6 Å². The van der Waals surface area contributed by atoms with Crippen LogP contribution in [0, 0.1) is 0 Å². The van der Waals surface area contributed by atoms with Gasteiger partial charge in [0.15, 0.2) is 0 Å². The number of hydrogen-bond acceptors (Lipinski definition) is 0. The molecular formula is C31H33BrOsP2+. The molecule has 0 atom stereocenters. The number of halogens is 1. The van der Waals surface area contributed by atoms with E-state index >= 15 is 0 Å². The Hall–Kier alpha value is -1.79. The SMILES string of the molecule is C[PH+](c1ccccc1)c1ccccc1.C[PH+](c1ccccc1)c1ccccc1.[Br][Os].c1cc[cH-]c1. The van der Waals surface area contributed by atoms with Gasteiger partial charge in [-0.15, -0.1) is 0 Å². The van der Waals surface area contributed by atoms with Crippen LogP contribution in [0.1, 0.15) is 0 Å². The maximum Gasteiger partial charge on any atom is -0.172 e. The van der Waals surface area contributed by atoms with Crippen molar-refractivity contribution >= 4 is 50.6 Å². The van der Waals surface area contributed by atoms with E-state index in [4.69, 9.17) is 0 Å². The first-order valence-electron chi connectivity index (χ1n) is 11.4. The minimum atomic E-state index is -0.545. The molecule has 0 spiro atoms. The molecule has 0 fully saturated rings. The van der Waals surface area contributed by atoms with Gasteiger partial charge in [-0.05, 0) is 48.5 Å². The molecule has 0 aliphatic carbocycles. The van der Waals surface area contributed by atoms with Crippen LogP contribution in [0.2, 0.25) is 0 Å². The first-order valence-corrected chi connectivity index (χ1v) is 21.0. The first kappa shape index (κ1) is 29.4. The molecule has 0 bridgehead atoms. The molecule has 0 saturated carbocycles. The Bertz CT molecular complexity index is 943. The molecule has 35 heavy (non-hydrogen) atoms. The van der Waals surface area contributed by atoms with Crippen molar-refractivity contribution < 1.29 is 16.6 Å². The van der Waals surface area contributed by atoms with E-state index in [1.165, 1.54) is 21.2 Å². The van der Waals surface area contributed by atoms with Crippen molar-refractivity contribution in [3.63, 3.8) is 0 Å². The molecule has 0 aliphatic rings. The Kier molecular flexibility index (Phi) is 15.5. The van der Waals surface area contributed by atoms with Crippen LogP contribution in [0.3, 0.4) is 0 Å². The van der Waals surface area contributed by atoms with Crippen LogP contribution in [-0.4, -0.2) is 13.3 Å². The first-order chi connectivity index (χ1) is 17.3. The minimum Gasteiger partial charge on any atom is -0.214 e. The van der Waals surface area contributed by atoms with Gasteiger partial charge in [-0.3, -0.25) is 0 Å². The fourth-order valence-electron chi connectivity index (χ4n) is 3.41. The Balaban J connectivity index is 0.000000195. The molecule has 5 aromatic carbocycles. The van der Waals surface area contributed by atoms with Crippen molar-refractivity contribution in [3.05, 3.63) is 152 Å². The summed E-state index contributed by atoms with van der Waals surface area (Å²) in [5.74, 6) is 0. The molecule has 4 heteroatoms. The molecular weight excluding hydrogens is 704 g/mol. The molecule has 5 rings (SSSR count). The molecule has 0 aliphatic heterocycles. The molecule has 181 valence electrons. The number of benzene rings is 4. The summed E-state index contributed by atoms with van der Waals surface area (Å²) >= 11 is 4.64. The van der Waals surface area contributed by atoms with E-state index in [9.17, 15) is 0 Å². The van der Waals surface area contributed by atoms with Crippen LogP contribution in [0.5, 0.6) is 0 Å². The third-order valence-corrected chi connectivity index (χ3v) is 10.2. The van der Waals surface area contributed by atoms with Gasteiger partial charge in [0, 0.05) is 0 Å². The van der Waals surface area contributed by atoms with Gasteiger partial charge >= 0.3 is 30.2 Å². The van der Waals surface area contributed by atoms with Crippen molar-refractivity contribution in [3.8, 4) is 0 Å². The van der Waals surface area contributed by atoms with Gasteiger partial charge in [0.1, 0.15) is 0 Å². The normalized spacial score (nSPS) is 9.66. The van der Waals surface area contributed by atoms with Crippen LogP contribution < -0.4 is 21.2 Å². The third kappa shape index (κ3) is 11.2. The summed E-state index contributed by atoms with van der Waals surface area (Å²) in [4.78, 5) is 0. The van der Waals surface area contributed by atoms with Gasteiger partial charge in [0.05, 0.1) is 50.4 Å². The molecule has 0 N–H and O–H groups in total. The van der Waals surface area contributed by atoms with Crippen LogP contribution >= 0.6 is 29.4 Å². The molecule has 0 unspecified atom stereocenters. The summed E-state index contributed by atoms with van der Waals surface area (Å²) in [5, 5.41) is 5.90. The van der Waals surface area contributed by atoms with E-state index in [1.54, 1.807) is 16.6 Å². The fourth-order valence-corrected chi connectivity index (χ4v) is 6.84. The van der Waals surface area contributed by atoms with E-state index in [1.807, 2.05) is 30.3 Å².